The molecule has 1 saturated carbocycles. The summed E-state index contributed by atoms with van der Waals surface area (Å²) in [6.07, 6.45) is 7.91. The van der Waals surface area contributed by atoms with Gasteiger partial charge in [0.1, 0.15) is 0 Å². The molecule has 3 heterocycles. The lowest BCUT2D eigenvalue weighted by Crippen LogP contribution is -2.49. The fourth-order valence-corrected chi connectivity index (χ4v) is 5.06. The Morgan fingerprint density at radius 1 is 1.11 bits per heavy atom. The SMILES string of the molecule is c1cc2c(CN3CCN(C4CCCC4)CC3)c[nH]c2cc1C1COCC[N]1. The summed E-state index contributed by atoms with van der Waals surface area (Å²) in [5.41, 5.74) is 3.91. The summed E-state index contributed by atoms with van der Waals surface area (Å²) in [7, 11) is 0. The molecule has 2 saturated heterocycles. The quantitative estimate of drug-likeness (QED) is 0.904. The largest absolute Gasteiger partial charge is 0.378 e. The Hall–Kier alpha value is -1.40. The first kappa shape index (κ1) is 17.7. The van der Waals surface area contributed by atoms with E-state index in [0.29, 0.717) is 6.61 Å². The number of nitrogens with zero attached hydrogens (tertiary/aromatic N) is 3. The Balaban J connectivity index is 1.23. The second-order valence-corrected chi connectivity index (χ2v) is 8.37. The highest BCUT2D eigenvalue weighted by Gasteiger charge is 2.26. The van der Waals surface area contributed by atoms with Crippen molar-refractivity contribution in [3.8, 4) is 0 Å². The number of fused-ring (bicyclic) bond motifs is 1. The predicted molar refractivity (Wildman–Crippen MR) is 108 cm³/mol. The van der Waals surface area contributed by atoms with Gasteiger partial charge >= 0.3 is 0 Å². The Bertz CT molecular complexity index is 753. The number of benzene rings is 1. The van der Waals surface area contributed by atoms with Gasteiger partial charge < -0.3 is 9.72 Å². The maximum absolute atomic E-state index is 5.59. The van der Waals surface area contributed by atoms with E-state index in [1.54, 1.807) is 0 Å². The maximum Gasteiger partial charge on any atom is 0.0731 e. The minimum Gasteiger partial charge on any atom is -0.378 e. The minimum absolute atomic E-state index is 0.193. The van der Waals surface area contributed by atoms with Crippen molar-refractivity contribution in [1.82, 2.24) is 20.1 Å². The van der Waals surface area contributed by atoms with Crippen LogP contribution in [0, 0.1) is 0 Å². The zero-order valence-electron chi connectivity index (χ0n) is 16.2. The van der Waals surface area contributed by atoms with Crippen LogP contribution < -0.4 is 5.32 Å². The molecule has 1 aromatic carbocycles. The zero-order valence-corrected chi connectivity index (χ0v) is 16.2. The molecular formula is C22H31N4O. The highest BCUT2D eigenvalue weighted by atomic mass is 16.5. The summed E-state index contributed by atoms with van der Waals surface area (Å²) in [4.78, 5) is 8.85. The summed E-state index contributed by atoms with van der Waals surface area (Å²) in [6, 6.07) is 7.83. The van der Waals surface area contributed by atoms with Crippen LogP contribution in [0.25, 0.3) is 10.9 Å². The second-order valence-electron chi connectivity index (χ2n) is 8.37. The molecule has 5 rings (SSSR count). The lowest BCUT2D eigenvalue weighted by Gasteiger charge is -2.38. The molecule has 5 nitrogen and oxygen atoms in total. The molecule has 2 aliphatic heterocycles. The monoisotopic (exact) mass is 367 g/mol. The third-order valence-corrected chi connectivity index (χ3v) is 6.68. The number of rotatable bonds is 4. The highest BCUT2D eigenvalue weighted by molar-refractivity contribution is 5.83. The zero-order chi connectivity index (χ0) is 18.1. The Morgan fingerprint density at radius 2 is 1.96 bits per heavy atom. The second kappa shape index (κ2) is 7.92. The van der Waals surface area contributed by atoms with E-state index < -0.39 is 0 Å². The lowest BCUT2D eigenvalue weighted by molar-refractivity contribution is 0.0745. The molecule has 0 spiro atoms. The topological polar surface area (TPSA) is 45.6 Å². The Kier molecular flexibility index (Phi) is 5.18. The number of ether oxygens (including phenoxy) is 1. The molecular weight excluding hydrogens is 336 g/mol. The molecule has 1 unspecified atom stereocenters. The molecule has 1 radical (unpaired) electrons. The number of aromatic nitrogens is 1. The molecule has 1 atom stereocenters. The third-order valence-electron chi connectivity index (χ3n) is 6.68. The van der Waals surface area contributed by atoms with E-state index in [2.05, 4.69) is 39.2 Å². The van der Waals surface area contributed by atoms with Crippen molar-refractivity contribution >= 4 is 10.9 Å². The average Bonchev–Trinajstić information content (AvgIpc) is 3.40. The van der Waals surface area contributed by atoms with Crippen LogP contribution in [-0.2, 0) is 11.3 Å². The van der Waals surface area contributed by atoms with Crippen LogP contribution in [0.4, 0.5) is 0 Å². The summed E-state index contributed by atoms with van der Waals surface area (Å²) < 4.78 is 5.59. The standard InChI is InChI=1S/C22H31N4O/c1-2-4-19(3-1)26-10-8-25(9-11-26)15-18-14-24-21-13-17(5-6-20(18)21)22-16-27-12-7-23-22/h5-6,13-14,19,22,24H,1-4,7-12,15-16H2. The minimum atomic E-state index is 0.193. The lowest BCUT2D eigenvalue weighted by atomic mass is 10.0. The fraction of sp³-hybridized carbons (Fsp3) is 0.636. The van der Waals surface area contributed by atoms with Gasteiger partial charge in [0.25, 0.3) is 0 Å². The average molecular weight is 368 g/mol. The van der Waals surface area contributed by atoms with Crippen molar-refractivity contribution in [3.63, 3.8) is 0 Å². The van der Waals surface area contributed by atoms with Crippen molar-refractivity contribution in [3.05, 3.63) is 35.5 Å². The number of piperazine rings is 1. The van der Waals surface area contributed by atoms with Crippen molar-refractivity contribution in [2.24, 2.45) is 0 Å². The van der Waals surface area contributed by atoms with Gasteiger partial charge in [-0.25, -0.2) is 5.32 Å². The Labute approximate surface area is 162 Å². The number of aromatic amines is 1. The molecule has 1 N–H and O–H groups in total. The van der Waals surface area contributed by atoms with Crippen molar-refractivity contribution < 1.29 is 4.74 Å². The van der Waals surface area contributed by atoms with E-state index in [1.165, 1.54) is 73.9 Å². The normalized spacial score (nSPS) is 26.1. The molecule has 3 fully saturated rings. The first-order valence-corrected chi connectivity index (χ1v) is 10.7. The maximum atomic E-state index is 5.59. The van der Waals surface area contributed by atoms with E-state index in [9.17, 15) is 0 Å². The molecule has 145 valence electrons. The number of nitrogens with one attached hydrogen (secondary N) is 1. The van der Waals surface area contributed by atoms with Crippen LogP contribution in [0.1, 0.15) is 42.9 Å². The van der Waals surface area contributed by atoms with Crippen molar-refractivity contribution in [1.29, 1.82) is 0 Å². The van der Waals surface area contributed by atoms with E-state index in [0.717, 1.165) is 25.7 Å². The van der Waals surface area contributed by atoms with Gasteiger partial charge in [0.2, 0.25) is 0 Å². The van der Waals surface area contributed by atoms with Crippen LogP contribution in [0.2, 0.25) is 0 Å². The molecule has 3 aliphatic rings. The van der Waals surface area contributed by atoms with Gasteiger partial charge in [-0.1, -0.05) is 25.0 Å². The summed E-state index contributed by atoms with van der Waals surface area (Å²) >= 11 is 0. The highest BCUT2D eigenvalue weighted by Crippen LogP contribution is 2.27. The van der Waals surface area contributed by atoms with Crippen LogP contribution in [0.3, 0.4) is 0 Å². The number of morpholine rings is 1. The fourth-order valence-electron chi connectivity index (χ4n) is 5.06. The molecule has 5 heteroatoms. The number of hydrogen-bond acceptors (Lipinski definition) is 3. The number of H-pyrrole nitrogens is 1. The first-order chi connectivity index (χ1) is 13.4. The van der Waals surface area contributed by atoms with Crippen LogP contribution in [0.15, 0.2) is 24.4 Å². The molecule has 0 amide bonds. The van der Waals surface area contributed by atoms with Crippen molar-refractivity contribution in [2.75, 3.05) is 45.9 Å². The predicted octanol–water partition coefficient (Wildman–Crippen LogP) is 2.90. The van der Waals surface area contributed by atoms with Crippen molar-refractivity contribution in [2.45, 2.75) is 44.3 Å². The van der Waals surface area contributed by atoms with Crippen LogP contribution >= 0.6 is 0 Å². The first-order valence-electron chi connectivity index (χ1n) is 10.7. The molecule has 27 heavy (non-hydrogen) atoms. The van der Waals surface area contributed by atoms with Gasteiger partial charge in [-0.15, -0.1) is 0 Å². The number of hydrogen-bond donors (Lipinski definition) is 1. The van der Waals surface area contributed by atoms with Gasteiger partial charge in [0.05, 0.1) is 19.3 Å². The molecule has 0 bridgehead atoms. The van der Waals surface area contributed by atoms with Gasteiger partial charge in [-0.2, -0.15) is 0 Å². The van der Waals surface area contributed by atoms with Gasteiger partial charge in [-0.3, -0.25) is 9.80 Å². The van der Waals surface area contributed by atoms with Crippen LogP contribution in [-0.4, -0.2) is 66.8 Å². The smallest absolute Gasteiger partial charge is 0.0731 e. The summed E-state index contributed by atoms with van der Waals surface area (Å²) in [5.74, 6) is 0. The van der Waals surface area contributed by atoms with Gasteiger partial charge in [0, 0.05) is 62.4 Å². The van der Waals surface area contributed by atoms with Gasteiger partial charge in [0.15, 0.2) is 0 Å². The summed E-state index contributed by atoms with van der Waals surface area (Å²) in [6.45, 7) is 8.20. The molecule has 2 aromatic rings. The molecule has 1 aromatic heterocycles. The molecule has 1 aliphatic carbocycles. The Morgan fingerprint density at radius 3 is 2.74 bits per heavy atom. The van der Waals surface area contributed by atoms with E-state index in [-0.39, 0.29) is 6.04 Å². The third kappa shape index (κ3) is 3.79. The summed E-state index contributed by atoms with van der Waals surface area (Å²) in [5, 5.41) is 6.05. The van der Waals surface area contributed by atoms with Crippen LogP contribution in [0.5, 0.6) is 0 Å². The van der Waals surface area contributed by atoms with E-state index in [4.69, 9.17) is 10.1 Å². The van der Waals surface area contributed by atoms with E-state index >= 15 is 0 Å². The van der Waals surface area contributed by atoms with Gasteiger partial charge in [-0.05, 0) is 30.0 Å². The van der Waals surface area contributed by atoms with E-state index in [1.807, 2.05) is 0 Å².